The number of nitrogens with zero attached hydrogens (tertiary/aromatic N) is 1. The molecule has 0 spiro atoms. The Hall–Kier alpha value is -1.71. The molecule has 1 aromatic carbocycles. The Morgan fingerprint density at radius 3 is 2.45 bits per heavy atom. The summed E-state index contributed by atoms with van der Waals surface area (Å²) < 4.78 is 22.4. The predicted molar refractivity (Wildman–Crippen MR) is 73.8 cm³/mol. The fourth-order valence-electron chi connectivity index (χ4n) is 1.58. The molecular weight excluding hydrogens is 286 g/mol. The maximum atomic E-state index is 11.2. The highest BCUT2D eigenvalue weighted by Gasteiger charge is 2.21. The zero-order valence-electron chi connectivity index (χ0n) is 11.1. The highest BCUT2D eigenvalue weighted by atomic mass is 32.2. The van der Waals surface area contributed by atoms with Crippen LogP contribution in [-0.2, 0) is 10.0 Å². The molecule has 0 heterocycles. The highest BCUT2D eigenvalue weighted by molar-refractivity contribution is 7.89. The summed E-state index contributed by atoms with van der Waals surface area (Å²) in [5.41, 5.74) is -0.272. The number of nitro groups is 1. The number of hydrogen-bond donors (Lipinski definition) is 3. The summed E-state index contributed by atoms with van der Waals surface area (Å²) in [7, 11) is -4.01. The maximum absolute atomic E-state index is 11.2. The number of benzene rings is 1. The standard InChI is InChI=1S/C11H17N3O5S/c1-7(2)10(6-15)13-9-4-3-8(20(12,18)19)5-11(9)14(16)17/h3-5,7,10,13,15H,6H2,1-2H3,(H2,12,18,19)/t10-/m1/s1. The van der Waals surface area contributed by atoms with E-state index in [1.807, 2.05) is 13.8 Å². The van der Waals surface area contributed by atoms with Gasteiger partial charge in [-0.25, -0.2) is 13.6 Å². The average Bonchev–Trinajstić information content (AvgIpc) is 2.34. The van der Waals surface area contributed by atoms with Gasteiger partial charge in [0.2, 0.25) is 10.0 Å². The first-order valence-corrected chi connectivity index (χ1v) is 7.40. The van der Waals surface area contributed by atoms with E-state index in [1.165, 1.54) is 12.1 Å². The van der Waals surface area contributed by atoms with Gasteiger partial charge in [0.15, 0.2) is 0 Å². The normalized spacial score (nSPS) is 13.2. The van der Waals surface area contributed by atoms with E-state index >= 15 is 0 Å². The second kappa shape index (κ2) is 6.16. The van der Waals surface area contributed by atoms with Crippen LogP contribution in [0.15, 0.2) is 23.1 Å². The zero-order chi connectivity index (χ0) is 15.5. The molecule has 0 aliphatic rings. The number of nitrogens with two attached hydrogens (primary N) is 1. The van der Waals surface area contributed by atoms with E-state index in [4.69, 9.17) is 5.14 Å². The van der Waals surface area contributed by atoms with E-state index in [2.05, 4.69) is 5.32 Å². The van der Waals surface area contributed by atoms with Crippen LogP contribution in [0.3, 0.4) is 0 Å². The van der Waals surface area contributed by atoms with Crippen LogP contribution in [0.2, 0.25) is 0 Å². The van der Waals surface area contributed by atoms with E-state index in [0.717, 1.165) is 6.07 Å². The summed E-state index contributed by atoms with van der Waals surface area (Å²) in [6.45, 7) is 3.49. The van der Waals surface area contributed by atoms with Gasteiger partial charge in [-0.15, -0.1) is 0 Å². The van der Waals surface area contributed by atoms with Crippen molar-refractivity contribution in [2.24, 2.45) is 11.1 Å². The third-order valence-electron chi connectivity index (χ3n) is 2.84. The SMILES string of the molecule is CC(C)[C@@H](CO)Nc1ccc(S(N)(=O)=O)cc1[N+](=O)[O-]. The van der Waals surface area contributed by atoms with Gasteiger partial charge in [-0.1, -0.05) is 13.8 Å². The third kappa shape index (κ3) is 3.89. The van der Waals surface area contributed by atoms with E-state index in [9.17, 15) is 23.6 Å². The summed E-state index contributed by atoms with van der Waals surface area (Å²) >= 11 is 0. The van der Waals surface area contributed by atoms with Crippen molar-refractivity contribution < 1.29 is 18.4 Å². The molecule has 112 valence electrons. The van der Waals surface area contributed by atoms with Crippen molar-refractivity contribution in [3.05, 3.63) is 28.3 Å². The first kappa shape index (κ1) is 16.3. The van der Waals surface area contributed by atoms with E-state index in [-0.39, 0.29) is 29.1 Å². The Bertz CT molecular complexity index is 600. The van der Waals surface area contributed by atoms with Gasteiger partial charge in [-0.05, 0) is 18.1 Å². The lowest BCUT2D eigenvalue weighted by Gasteiger charge is -2.21. The molecule has 0 radical (unpaired) electrons. The highest BCUT2D eigenvalue weighted by Crippen LogP contribution is 2.28. The molecule has 0 fully saturated rings. The molecule has 4 N–H and O–H groups in total. The fraction of sp³-hybridized carbons (Fsp3) is 0.455. The monoisotopic (exact) mass is 303 g/mol. The van der Waals surface area contributed by atoms with Crippen LogP contribution in [0, 0.1) is 16.0 Å². The lowest BCUT2D eigenvalue weighted by molar-refractivity contribution is -0.384. The van der Waals surface area contributed by atoms with Gasteiger partial charge in [0.1, 0.15) is 5.69 Å². The van der Waals surface area contributed by atoms with Gasteiger partial charge < -0.3 is 10.4 Å². The van der Waals surface area contributed by atoms with Crippen molar-refractivity contribution in [3.8, 4) is 0 Å². The fourth-order valence-corrected chi connectivity index (χ4v) is 2.12. The van der Waals surface area contributed by atoms with Crippen molar-refractivity contribution in [2.75, 3.05) is 11.9 Å². The van der Waals surface area contributed by atoms with E-state index in [1.54, 1.807) is 0 Å². The summed E-state index contributed by atoms with van der Waals surface area (Å²) in [5, 5.41) is 28.0. The third-order valence-corrected chi connectivity index (χ3v) is 3.75. The molecule has 0 saturated heterocycles. The first-order valence-electron chi connectivity index (χ1n) is 5.85. The van der Waals surface area contributed by atoms with Crippen LogP contribution in [0.5, 0.6) is 0 Å². The number of sulfonamides is 1. The smallest absolute Gasteiger partial charge is 0.293 e. The molecule has 1 atom stereocenters. The second-order valence-corrected chi connectivity index (χ2v) is 6.22. The van der Waals surface area contributed by atoms with Crippen molar-refractivity contribution in [1.29, 1.82) is 0 Å². The molecule has 0 aromatic heterocycles. The molecule has 8 nitrogen and oxygen atoms in total. The summed E-state index contributed by atoms with van der Waals surface area (Å²) in [4.78, 5) is 9.97. The average molecular weight is 303 g/mol. The quantitative estimate of drug-likeness (QED) is 0.522. The van der Waals surface area contributed by atoms with Gasteiger partial charge in [-0.2, -0.15) is 0 Å². The number of rotatable bonds is 6. The number of nitrogens with one attached hydrogen (secondary N) is 1. The van der Waals surface area contributed by atoms with Crippen LogP contribution >= 0.6 is 0 Å². The van der Waals surface area contributed by atoms with Crippen molar-refractivity contribution in [3.63, 3.8) is 0 Å². The van der Waals surface area contributed by atoms with Gasteiger partial charge in [-0.3, -0.25) is 10.1 Å². The first-order chi connectivity index (χ1) is 9.16. The number of hydrogen-bond acceptors (Lipinski definition) is 6. The molecule has 0 aliphatic heterocycles. The molecular formula is C11H17N3O5S. The lowest BCUT2D eigenvalue weighted by atomic mass is 10.0. The van der Waals surface area contributed by atoms with Crippen molar-refractivity contribution in [1.82, 2.24) is 0 Å². The number of nitro benzene ring substituents is 1. The van der Waals surface area contributed by atoms with Crippen molar-refractivity contribution >= 4 is 21.4 Å². The van der Waals surface area contributed by atoms with E-state index in [0.29, 0.717) is 0 Å². The second-order valence-electron chi connectivity index (χ2n) is 4.66. The van der Waals surface area contributed by atoms with Crippen LogP contribution in [0.1, 0.15) is 13.8 Å². The Labute approximate surface area is 116 Å². The topological polar surface area (TPSA) is 136 Å². The van der Waals surface area contributed by atoms with Gasteiger partial charge in [0, 0.05) is 6.07 Å². The predicted octanol–water partition coefficient (Wildman–Crippen LogP) is 0.671. The van der Waals surface area contributed by atoms with Crippen molar-refractivity contribution in [2.45, 2.75) is 24.8 Å². The van der Waals surface area contributed by atoms with Gasteiger partial charge in [0.05, 0.1) is 22.5 Å². The maximum Gasteiger partial charge on any atom is 0.293 e. The molecule has 0 saturated carbocycles. The minimum absolute atomic E-state index is 0.0394. The van der Waals surface area contributed by atoms with Crippen LogP contribution in [0.25, 0.3) is 0 Å². The lowest BCUT2D eigenvalue weighted by Crippen LogP contribution is -2.29. The largest absolute Gasteiger partial charge is 0.394 e. The minimum atomic E-state index is -4.01. The van der Waals surface area contributed by atoms with Gasteiger partial charge in [0.25, 0.3) is 5.69 Å². The minimum Gasteiger partial charge on any atom is -0.394 e. The van der Waals surface area contributed by atoms with Crippen LogP contribution in [-0.4, -0.2) is 31.1 Å². The van der Waals surface area contributed by atoms with E-state index < -0.39 is 20.6 Å². The molecule has 9 heteroatoms. The van der Waals surface area contributed by atoms with Crippen LogP contribution < -0.4 is 10.5 Å². The Kier molecular flexibility index (Phi) is 5.03. The molecule has 0 aliphatic carbocycles. The summed E-state index contributed by atoms with van der Waals surface area (Å²) in [6.07, 6.45) is 0. The molecule has 0 amide bonds. The zero-order valence-corrected chi connectivity index (χ0v) is 11.9. The molecule has 20 heavy (non-hydrogen) atoms. The molecule has 0 bridgehead atoms. The van der Waals surface area contributed by atoms with Gasteiger partial charge >= 0.3 is 0 Å². The number of anilines is 1. The molecule has 0 unspecified atom stereocenters. The summed E-state index contributed by atoms with van der Waals surface area (Å²) in [5.74, 6) is 0.0394. The Morgan fingerprint density at radius 1 is 1.45 bits per heavy atom. The molecule has 1 aromatic rings. The Morgan fingerprint density at radius 2 is 2.05 bits per heavy atom. The Balaban J connectivity index is 3.24. The number of aliphatic hydroxyl groups excluding tert-OH is 1. The summed E-state index contributed by atoms with van der Waals surface area (Å²) in [6, 6.07) is 2.96. The molecule has 1 rings (SSSR count). The number of primary sulfonamides is 1. The van der Waals surface area contributed by atoms with Crippen LogP contribution in [0.4, 0.5) is 11.4 Å². The number of aliphatic hydroxyl groups is 1.